The number of phenolic OH excluding ortho intramolecular Hbond substituents is 1. The van der Waals surface area contributed by atoms with Gasteiger partial charge in [0.2, 0.25) is 0 Å². The Hall–Kier alpha value is -3.03. The second-order valence-corrected chi connectivity index (χ2v) is 9.04. The van der Waals surface area contributed by atoms with E-state index in [0.717, 1.165) is 6.42 Å². The van der Waals surface area contributed by atoms with Crippen LogP contribution in [0.25, 0.3) is 0 Å². The number of unbranched alkanes of at least 4 members (excludes halogenated alkanes) is 1. The summed E-state index contributed by atoms with van der Waals surface area (Å²) in [6.07, 6.45) is 2.45. The molecule has 8 nitrogen and oxygen atoms in total. The predicted molar refractivity (Wildman–Crippen MR) is 115 cm³/mol. The number of allylic oxidation sites excluding steroid dienone is 2. The van der Waals surface area contributed by atoms with Gasteiger partial charge < -0.3 is 9.84 Å². The van der Waals surface area contributed by atoms with E-state index in [1.807, 2.05) is 20.8 Å². The Labute approximate surface area is 181 Å². The normalized spacial score (nSPS) is 22.6. The number of ether oxygens (including phenoxy) is 1. The lowest BCUT2D eigenvalue weighted by molar-refractivity contribution is -0.385. The largest absolute Gasteiger partial charge is 0.502 e. The van der Waals surface area contributed by atoms with Crippen molar-refractivity contribution in [3.8, 4) is 5.75 Å². The number of carbonyl (C=O) groups excluding carboxylic acids is 2. The molecule has 166 valence electrons. The molecule has 0 aromatic heterocycles. The summed E-state index contributed by atoms with van der Waals surface area (Å²) in [5.74, 6) is -2.69. The summed E-state index contributed by atoms with van der Waals surface area (Å²) in [5, 5.41) is 21.3. The summed E-state index contributed by atoms with van der Waals surface area (Å²) >= 11 is 0. The van der Waals surface area contributed by atoms with Crippen molar-refractivity contribution < 1.29 is 24.4 Å². The van der Waals surface area contributed by atoms with E-state index >= 15 is 0 Å². The van der Waals surface area contributed by atoms with E-state index < -0.39 is 34.2 Å². The van der Waals surface area contributed by atoms with Gasteiger partial charge in [0.05, 0.1) is 11.5 Å². The molecule has 0 spiro atoms. The molecule has 0 bridgehead atoms. The molecule has 1 unspecified atom stereocenters. The van der Waals surface area contributed by atoms with Crippen LogP contribution in [-0.4, -0.2) is 34.1 Å². The van der Waals surface area contributed by atoms with Crippen molar-refractivity contribution in [3.63, 3.8) is 0 Å². The molecule has 0 saturated carbocycles. The highest BCUT2D eigenvalue weighted by Gasteiger charge is 2.46. The Morgan fingerprint density at radius 1 is 1.35 bits per heavy atom. The van der Waals surface area contributed by atoms with Crippen LogP contribution in [0.3, 0.4) is 0 Å². The molecular weight excluding hydrogens is 400 g/mol. The molecule has 8 heteroatoms. The minimum absolute atomic E-state index is 0.116. The monoisotopic (exact) mass is 428 g/mol. The van der Waals surface area contributed by atoms with Crippen LogP contribution in [0, 0.1) is 21.4 Å². The Kier molecular flexibility index (Phi) is 6.29. The van der Waals surface area contributed by atoms with Crippen molar-refractivity contribution >= 4 is 23.2 Å². The second-order valence-electron chi connectivity index (χ2n) is 9.04. The Morgan fingerprint density at radius 3 is 2.71 bits per heavy atom. The number of ketones is 1. The van der Waals surface area contributed by atoms with Gasteiger partial charge in [-0.3, -0.25) is 24.7 Å². The minimum atomic E-state index is -0.857. The second kappa shape index (κ2) is 8.61. The summed E-state index contributed by atoms with van der Waals surface area (Å²) in [6, 6.07) is 3.99. The molecular formula is C23H28N2O6. The average Bonchev–Trinajstić information content (AvgIpc) is 2.66. The van der Waals surface area contributed by atoms with Crippen LogP contribution in [0.5, 0.6) is 5.75 Å². The van der Waals surface area contributed by atoms with Gasteiger partial charge in [-0.15, -0.1) is 0 Å². The molecule has 2 aliphatic rings. The van der Waals surface area contributed by atoms with Gasteiger partial charge >= 0.3 is 11.7 Å². The number of nitro groups is 1. The van der Waals surface area contributed by atoms with E-state index in [4.69, 9.17) is 4.74 Å². The SMILES string of the molecule is CCCCOC(=O)C1C(C)=NC2=C(C(=O)CC(C)(C)C2)[C@H]1c1ccc(O)c([N+](=O)[O-])c1. The van der Waals surface area contributed by atoms with Gasteiger partial charge in [-0.2, -0.15) is 0 Å². The van der Waals surface area contributed by atoms with Gasteiger partial charge in [-0.1, -0.05) is 33.3 Å². The smallest absolute Gasteiger partial charge is 0.315 e. The molecule has 1 aliphatic heterocycles. The lowest BCUT2D eigenvalue weighted by atomic mass is 9.67. The van der Waals surface area contributed by atoms with Crippen LogP contribution in [-0.2, 0) is 14.3 Å². The van der Waals surface area contributed by atoms with E-state index in [2.05, 4.69) is 4.99 Å². The first-order chi connectivity index (χ1) is 14.6. The highest BCUT2D eigenvalue weighted by Crippen LogP contribution is 2.48. The lowest BCUT2D eigenvalue weighted by Crippen LogP contribution is -2.39. The number of nitrogens with zero attached hydrogens (tertiary/aromatic N) is 2. The first-order valence-electron chi connectivity index (χ1n) is 10.5. The van der Waals surface area contributed by atoms with Crippen molar-refractivity contribution in [1.82, 2.24) is 0 Å². The van der Waals surface area contributed by atoms with Gasteiger partial charge in [-0.05, 0) is 36.8 Å². The van der Waals surface area contributed by atoms with E-state index in [1.165, 1.54) is 18.2 Å². The Bertz CT molecular complexity index is 992. The fourth-order valence-corrected chi connectivity index (χ4v) is 4.40. The van der Waals surface area contributed by atoms with Gasteiger partial charge in [-0.25, -0.2) is 0 Å². The van der Waals surface area contributed by atoms with Crippen LogP contribution in [0.4, 0.5) is 5.69 Å². The number of phenols is 1. The van der Waals surface area contributed by atoms with Crippen molar-refractivity contribution in [1.29, 1.82) is 0 Å². The van der Waals surface area contributed by atoms with Crippen LogP contribution in [0.2, 0.25) is 0 Å². The van der Waals surface area contributed by atoms with Crippen molar-refractivity contribution in [2.75, 3.05) is 6.61 Å². The minimum Gasteiger partial charge on any atom is -0.502 e. The molecule has 2 atom stereocenters. The predicted octanol–water partition coefficient (Wildman–Crippen LogP) is 4.46. The maximum Gasteiger partial charge on any atom is 0.315 e. The number of Topliss-reactive ketones (excluding diaryl/α,β-unsaturated/α-hetero) is 1. The molecule has 1 N–H and O–H groups in total. The zero-order valence-electron chi connectivity index (χ0n) is 18.3. The highest BCUT2D eigenvalue weighted by atomic mass is 16.6. The molecule has 0 radical (unpaired) electrons. The number of rotatable bonds is 6. The number of carbonyl (C=O) groups is 2. The number of hydrogen-bond donors (Lipinski definition) is 1. The highest BCUT2D eigenvalue weighted by molar-refractivity contribution is 6.09. The van der Waals surface area contributed by atoms with Crippen molar-refractivity contribution in [3.05, 3.63) is 45.1 Å². The number of benzene rings is 1. The molecule has 31 heavy (non-hydrogen) atoms. The van der Waals surface area contributed by atoms with Crippen LogP contribution >= 0.6 is 0 Å². The fourth-order valence-electron chi connectivity index (χ4n) is 4.40. The summed E-state index contributed by atoms with van der Waals surface area (Å²) in [6.45, 7) is 7.95. The fraction of sp³-hybridized carbons (Fsp3) is 0.522. The molecule has 0 amide bonds. The van der Waals surface area contributed by atoms with E-state index in [-0.39, 0.29) is 17.8 Å². The number of aromatic hydroxyl groups is 1. The number of esters is 1. The third-order valence-corrected chi connectivity index (χ3v) is 5.85. The Morgan fingerprint density at radius 2 is 2.06 bits per heavy atom. The maximum absolute atomic E-state index is 13.2. The third-order valence-electron chi connectivity index (χ3n) is 5.85. The zero-order chi connectivity index (χ0) is 22.9. The third kappa shape index (κ3) is 4.52. The molecule has 0 saturated heterocycles. The van der Waals surface area contributed by atoms with Gasteiger partial charge in [0.25, 0.3) is 0 Å². The summed E-state index contributed by atoms with van der Waals surface area (Å²) in [7, 11) is 0. The molecule has 1 aromatic carbocycles. The van der Waals surface area contributed by atoms with Crippen molar-refractivity contribution in [2.24, 2.45) is 16.3 Å². The van der Waals surface area contributed by atoms with Gasteiger partial charge in [0.1, 0.15) is 5.92 Å². The number of aliphatic imine (C=N–C) groups is 1. The Balaban J connectivity index is 2.15. The molecule has 1 heterocycles. The number of nitro benzene ring substituents is 1. The van der Waals surface area contributed by atoms with Crippen LogP contribution < -0.4 is 0 Å². The molecule has 3 rings (SSSR count). The van der Waals surface area contributed by atoms with Crippen LogP contribution in [0.1, 0.15) is 64.9 Å². The van der Waals surface area contributed by atoms with Gasteiger partial charge in [0.15, 0.2) is 11.5 Å². The number of hydrogen-bond acceptors (Lipinski definition) is 7. The molecule has 1 aliphatic carbocycles. The van der Waals surface area contributed by atoms with Gasteiger partial charge in [0, 0.05) is 35.4 Å². The standard InChI is InChI=1S/C23H28N2O6/c1-5-6-9-31-22(28)19-13(2)24-15-11-23(3,4)12-18(27)21(15)20(19)14-7-8-17(26)16(10-14)25(29)30/h7-8,10,19-20,26H,5-6,9,11-12H2,1-4H3/t19?,20-/m0/s1. The summed E-state index contributed by atoms with van der Waals surface area (Å²) in [5.41, 5.74) is 1.24. The summed E-state index contributed by atoms with van der Waals surface area (Å²) < 4.78 is 5.46. The quantitative estimate of drug-likeness (QED) is 0.309. The summed E-state index contributed by atoms with van der Waals surface area (Å²) in [4.78, 5) is 41.6. The lowest BCUT2D eigenvalue weighted by Gasteiger charge is -2.38. The zero-order valence-corrected chi connectivity index (χ0v) is 18.3. The first-order valence-corrected chi connectivity index (χ1v) is 10.5. The average molecular weight is 428 g/mol. The molecule has 0 fully saturated rings. The maximum atomic E-state index is 13.2. The van der Waals surface area contributed by atoms with E-state index in [1.54, 1.807) is 6.92 Å². The first kappa shape index (κ1) is 22.7. The van der Waals surface area contributed by atoms with Crippen LogP contribution in [0.15, 0.2) is 34.5 Å². The topological polar surface area (TPSA) is 119 Å². The van der Waals surface area contributed by atoms with Crippen molar-refractivity contribution in [2.45, 2.75) is 59.3 Å². The van der Waals surface area contributed by atoms with E-state index in [0.29, 0.717) is 41.8 Å². The van der Waals surface area contributed by atoms with E-state index in [9.17, 15) is 24.8 Å². The molecule has 1 aromatic rings.